The summed E-state index contributed by atoms with van der Waals surface area (Å²) in [5.41, 5.74) is 0. The van der Waals surface area contributed by atoms with Crippen molar-refractivity contribution in [2.45, 2.75) is 84.3 Å². The van der Waals surface area contributed by atoms with Gasteiger partial charge in [-0.3, -0.25) is 4.90 Å². The van der Waals surface area contributed by atoms with Gasteiger partial charge in [-0.1, -0.05) is 26.7 Å². The van der Waals surface area contributed by atoms with E-state index < -0.39 is 0 Å². The van der Waals surface area contributed by atoms with Crippen molar-refractivity contribution in [1.82, 2.24) is 10.2 Å². The zero-order valence-corrected chi connectivity index (χ0v) is 12.3. The monoisotopic (exact) mass is 240 g/mol. The van der Waals surface area contributed by atoms with Crippen molar-refractivity contribution in [3.8, 4) is 0 Å². The number of hydrogen-bond donors (Lipinski definition) is 1. The van der Waals surface area contributed by atoms with E-state index in [9.17, 15) is 0 Å². The molecule has 0 amide bonds. The van der Waals surface area contributed by atoms with Gasteiger partial charge in [-0.25, -0.2) is 0 Å². The Kier molecular flexibility index (Phi) is 7.14. The summed E-state index contributed by atoms with van der Waals surface area (Å²) in [4.78, 5) is 2.73. The highest BCUT2D eigenvalue weighted by Gasteiger charge is 2.25. The molecule has 0 aromatic carbocycles. The molecule has 1 fully saturated rings. The van der Waals surface area contributed by atoms with Gasteiger partial charge >= 0.3 is 0 Å². The van der Waals surface area contributed by atoms with Crippen LogP contribution in [-0.4, -0.2) is 36.1 Å². The SMILES string of the molecule is CCCNC(C)CC(C)N(CC)C1CCCC1. The second kappa shape index (κ2) is 8.10. The molecule has 102 valence electrons. The average molecular weight is 240 g/mol. The first-order valence-corrected chi connectivity index (χ1v) is 7.68. The van der Waals surface area contributed by atoms with Crippen LogP contribution in [0, 0.1) is 0 Å². The van der Waals surface area contributed by atoms with Gasteiger partial charge in [-0.15, -0.1) is 0 Å². The summed E-state index contributed by atoms with van der Waals surface area (Å²) in [7, 11) is 0. The summed E-state index contributed by atoms with van der Waals surface area (Å²) in [6, 6.07) is 2.25. The van der Waals surface area contributed by atoms with E-state index in [0.29, 0.717) is 6.04 Å². The van der Waals surface area contributed by atoms with Crippen LogP contribution >= 0.6 is 0 Å². The van der Waals surface area contributed by atoms with Crippen LogP contribution < -0.4 is 5.32 Å². The normalized spacial score (nSPS) is 21.0. The lowest BCUT2D eigenvalue weighted by Gasteiger charge is -2.35. The number of nitrogens with one attached hydrogen (secondary N) is 1. The second-order valence-corrected chi connectivity index (χ2v) is 5.71. The maximum absolute atomic E-state index is 3.61. The quantitative estimate of drug-likeness (QED) is 0.699. The Bertz CT molecular complexity index is 187. The summed E-state index contributed by atoms with van der Waals surface area (Å²) in [6.45, 7) is 11.7. The number of rotatable bonds is 8. The van der Waals surface area contributed by atoms with Crippen LogP contribution in [0.3, 0.4) is 0 Å². The highest BCUT2D eigenvalue weighted by Crippen LogP contribution is 2.25. The molecule has 1 saturated carbocycles. The summed E-state index contributed by atoms with van der Waals surface area (Å²) in [5.74, 6) is 0. The van der Waals surface area contributed by atoms with Gasteiger partial charge < -0.3 is 5.32 Å². The van der Waals surface area contributed by atoms with Crippen LogP contribution in [0.25, 0.3) is 0 Å². The minimum Gasteiger partial charge on any atom is -0.314 e. The molecule has 1 aliphatic carbocycles. The van der Waals surface area contributed by atoms with Crippen molar-refractivity contribution in [2.24, 2.45) is 0 Å². The van der Waals surface area contributed by atoms with Crippen molar-refractivity contribution >= 4 is 0 Å². The lowest BCUT2D eigenvalue weighted by Crippen LogP contribution is -2.43. The van der Waals surface area contributed by atoms with Crippen LogP contribution in [0.5, 0.6) is 0 Å². The zero-order valence-electron chi connectivity index (χ0n) is 12.3. The Labute approximate surface area is 108 Å². The molecule has 1 aliphatic rings. The third-order valence-corrected chi connectivity index (χ3v) is 4.16. The maximum Gasteiger partial charge on any atom is 0.00979 e. The molecule has 0 saturated heterocycles. The Morgan fingerprint density at radius 3 is 2.35 bits per heavy atom. The van der Waals surface area contributed by atoms with Crippen LogP contribution in [0.4, 0.5) is 0 Å². The first kappa shape index (κ1) is 15.0. The third-order valence-electron chi connectivity index (χ3n) is 4.16. The first-order valence-electron chi connectivity index (χ1n) is 7.68. The standard InChI is InChI=1S/C15H32N2/c1-5-11-16-13(3)12-14(4)17(6-2)15-9-7-8-10-15/h13-16H,5-12H2,1-4H3. The summed E-state index contributed by atoms with van der Waals surface area (Å²) in [6.07, 6.45) is 8.25. The predicted molar refractivity (Wildman–Crippen MR) is 76.5 cm³/mol. The zero-order chi connectivity index (χ0) is 12.7. The van der Waals surface area contributed by atoms with Gasteiger partial charge in [0.25, 0.3) is 0 Å². The van der Waals surface area contributed by atoms with Gasteiger partial charge in [0, 0.05) is 18.1 Å². The Morgan fingerprint density at radius 1 is 1.18 bits per heavy atom. The Morgan fingerprint density at radius 2 is 1.82 bits per heavy atom. The van der Waals surface area contributed by atoms with E-state index in [4.69, 9.17) is 0 Å². The van der Waals surface area contributed by atoms with Crippen molar-refractivity contribution < 1.29 is 0 Å². The third kappa shape index (κ3) is 4.97. The molecule has 0 heterocycles. The fourth-order valence-electron chi connectivity index (χ4n) is 3.29. The number of hydrogen-bond acceptors (Lipinski definition) is 2. The first-order chi connectivity index (χ1) is 8.19. The maximum atomic E-state index is 3.61. The lowest BCUT2D eigenvalue weighted by molar-refractivity contribution is 0.139. The molecule has 2 atom stereocenters. The van der Waals surface area contributed by atoms with Gasteiger partial charge in [-0.2, -0.15) is 0 Å². The molecule has 1 N–H and O–H groups in total. The van der Waals surface area contributed by atoms with Gasteiger partial charge in [-0.05, 0) is 52.6 Å². The summed E-state index contributed by atoms with van der Waals surface area (Å²) < 4.78 is 0. The highest BCUT2D eigenvalue weighted by atomic mass is 15.2. The van der Waals surface area contributed by atoms with E-state index in [1.54, 1.807) is 0 Å². The molecule has 0 aromatic heterocycles. The lowest BCUT2D eigenvalue weighted by atomic mass is 10.1. The molecular weight excluding hydrogens is 208 g/mol. The molecule has 0 bridgehead atoms. The molecular formula is C15H32N2. The fraction of sp³-hybridized carbons (Fsp3) is 1.00. The second-order valence-electron chi connectivity index (χ2n) is 5.71. The van der Waals surface area contributed by atoms with Gasteiger partial charge in [0.1, 0.15) is 0 Å². The molecule has 0 aromatic rings. The Balaban J connectivity index is 2.34. The van der Waals surface area contributed by atoms with E-state index in [0.717, 1.165) is 18.6 Å². The van der Waals surface area contributed by atoms with Crippen molar-refractivity contribution in [3.63, 3.8) is 0 Å². The molecule has 2 unspecified atom stereocenters. The van der Waals surface area contributed by atoms with Crippen LogP contribution in [0.15, 0.2) is 0 Å². The van der Waals surface area contributed by atoms with Crippen molar-refractivity contribution in [3.05, 3.63) is 0 Å². The van der Waals surface area contributed by atoms with Crippen LogP contribution in [0.2, 0.25) is 0 Å². The number of nitrogens with zero attached hydrogens (tertiary/aromatic N) is 1. The van der Waals surface area contributed by atoms with Crippen LogP contribution in [-0.2, 0) is 0 Å². The average Bonchev–Trinajstić information content (AvgIpc) is 2.81. The topological polar surface area (TPSA) is 15.3 Å². The van der Waals surface area contributed by atoms with Gasteiger partial charge in [0.05, 0.1) is 0 Å². The van der Waals surface area contributed by atoms with E-state index in [1.165, 1.54) is 45.1 Å². The minimum absolute atomic E-state index is 0.653. The highest BCUT2D eigenvalue weighted by molar-refractivity contribution is 4.82. The smallest absolute Gasteiger partial charge is 0.00979 e. The summed E-state index contributed by atoms with van der Waals surface area (Å²) in [5, 5.41) is 3.61. The largest absolute Gasteiger partial charge is 0.314 e. The van der Waals surface area contributed by atoms with Crippen molar-refractivity contribution in [2.75, 3.05) is 13.1 Å². The van der Waals surface area contributed by atoms with E-state index in [1.807, 2.05) is 0 Å². The minimum atomic E-state index is 0.653. The van der Waals surface area contributed by atoms with Crippen LogP contribution in [0.1, 0.15) is 66.2 Å². The van der Waals surface area contributed by atoms with Crippen molar-refractivity contribution in [1.29, 1.82) is 0 Å². The predicted octanol–water partition coefficient (Wildman–Crippen LogP) is 3.42. The molecule has 2 heteroatoms. The van der Waals surface area contributed by atoms with E-state index >= 15 is 0 Å². The van der Waals surface area contributed by atoms with E-state index in [2.05, 4.69) is 37.9 Å². The molecule has 0 spiro atoms. The van der Waals surface area contributed by atoms with E-state index in [-0.39, 0.29) is 0 Å². The molecule has 0 aliphatic heterocycles. The molecule has 17 heavy (non-hydrogen) atoms. The fourth-order valence-corrected chi connectivity index (χ4v) is 3.29. The summed E-state index contributed by atoms with van der Waals surface area (Å²) >= 11 is 0. The molecule has 2 nitrogen and oxygen atoms in total. The Hall–Kier alpha value is -0.0800. The molecule has 0 radical (unpaired) electrons. The van der Waals surface area contributed by atoms with Gasteiger partial charge in [0.15, 0.2) is 0 Å². The van der Waals surface area contributed by atoms with Gasteiger partial charge in [0.2, 0.25) is 0 Å². The molecule has 1 rings (SSSR count).